The topological polar surface area (TPSA) is 58.2 Å². The van der Waals surface area contributed by atoms with Gasteiger partial charge in [-0.05, 0) is 0 Å². The van der Waals surface area contributed by atoms with Crippen molar-refractivity contribution in [2.45, 2.75) is 0 Å². The summed E-state index contributed by atoms with van der Waals surface area (Å²) in [4.78, 5) is 20.4. The van der Waals surface area contributed by atoms with E-state index in [-0.39, 0.29) is 6.54 Å². The highest BCUT2D eigenvalue weighted by Crippen LogP contribution is 1.73. The van der Waals surface area contributed by atoms with Gasteiger partial charge in [0.15, 0.2) is 1.41 Å². The molecule has 2 N–H and O–H groups in total. The average Bonchev–Trinajstić information content (AvgIpc) is 1.85. The molecule has 1 saturated heterocycles. The molecular weight excluding hydrogens is 96.0 g/mol. The number of carbonyl (C=O) groups is 2. The van der Waals surface area contributed by atoms with Crippen LogP contribution < -0.4 is 10.6 Å². The summed E-state index contributed by atoms with van der Waals surface area (Å²) in [7, 11) is 0. The molecule has 0 spiro atoms. The number of amides is 3. The molecule has 4 heteroatoms. The molecule has 0 atom stereocenters. The summed E-state index contributed by atoms with van der Waals surface area (Å²) < 4.78 is 6.67. The van der Waals surface area contributed by atoms with Crippen molar-refractivity contribution in [1.82, 2.24) is 10.6 Å². The van der Waals surface area contributed by atoms with Gasteiger partial charge < -0.3 is 5.31 Å². The van der Waals surface area contributed by atoms with Crippen LogP contribution in [0, 0.1) is 0 Å². The van der Waals surface area contributed by atoms with Gasteiger partial charge >= 0.3 is 6.03 Å². The van der Waals surface area contributed by atoms with E-state index in [1.165, 1.54) is 0 Å². The molecule has 0 unspecified atom stereocenters. The van der Waals surface area contributed by atoms with E-state index in [1.54, 1.807) is 0 Å². The molecule has 1 rings (SSSR count). The third kappa shape index (κ3) is 0.677. The van der Waals surface area contributed by atoms with Gasteiger partial charge in [0.05, 0.1) is 6.54 Å². The molecule has 4 nitrogen and oxygen atoms in total. The Hall–Kier alpha value is -1.06. The lowest BCUT2D eigenvalue weighted by Crippen LogP contribution is -2.22. The SMILES string of the molecule is [2H]N1CC(=O)NC1=O. The zero-order chi connectivity index (χ0) is 6.15. The molecule has 3 amide bonds. The maximum atomic E-state index is 10.2. The number of hydrogen-bond acceptors (Lipinski definition) is 2. The molecule has 0 aromatic heterocycles. The number of carbonyl (C=O) groups excluding carboxylic acids is 2. The lowest BCUT2D eigenvalue weighted by Gasteiger charge is -1.78. The van der Waals surface area contributed by atoms with Crippen LogP contribution in [0.3, 0.4) is 0 Å². The van der Waals surface area contributed by atoms with Crippen molar-refractivity contribution in [2.24, 2.45) is 0 Å². The molecule has 1 aliphatic heterocycles. The molecule has 1 aliphatic rings. The number of nitrogens with one attached hydrogen (secondary N) is 2. The molecular formula is C3H4N2O2. The standard InChI is InChI=1S/C3H4N2O2/c6-2-1-4-3(7)5-2/h1H2,(H2,4,5,6,7)/i/hD. The smallest absolute Gasteiger partial charge is 0.321 e. The monoisotopic (exact) mass is 101 g/mol. The van der Waals surface area contributed by atoms with Crippen LogP contribution in [0.15, 0.2) is 0 Å². The van der Waals surface area contributed by atoms with Crippen molar-refractivity contribution < 1.29 is 11.0 Å². The highest BCUT2D eigenvalue weighted by molar-refractivity contribution is 6.01. The Morgan fingerprint density at radius 1 is 1.71 bits per heavy atom. The summed E-state index contributed by atoms with van der Waals surface area (Å²) in [6, 6.07) is -0.644. The first kappa shape index (κ1) is 3.01. The highest BCUT2D eigenvalue weighted by Gasteiger charge is 2.14. The zero-order valence-electron chi connectivity index (χ0n) is 4.47. The number of urea groups is 1. The Bertz CT molecular complexity index is 146. The molecule has 0 saturated carbocycles. The molecule has 0 bridgehead atoms. The van der Waals surface area contributed by atoms with E-state index in [9.17, 15) is 9.59 Å². The number of hydrogen-bond donors (Lipinski definition) is 2. The maximum Gasteiger partial charge on any atom is 0.321 e. The quantitative estimate of drug-likeness (QED) is 0.377. The lowest BCUT2D eigenvalue weighted by atomic mass is 10.7. The summed E-state index contributed by atoms with van der Waals surface area (Å²) in [5, 5.41) is 2.50. The van der Waals surface area contributed by atoms with Gasteiger partial charge in [0, 0.05) is 0 Å². The fraction of sp³-hybridized carbons (Fsp3) is 0.333. The predicted molar refractivity (Wildman–Crippen MR) is 21.5 cm³/mol. The summed E-state index contributed by atoms with van der Waals surface area (Å²) in [6.07, 6.45) is 0. The second-order valence-electron chi connectivity index (χ2n) is 1.17. The molecule has 7 heavy (non-hydrogen) atoms. The molecule has 0 aromatic carbocycles. The van der Waals surface area contributed by atoms with Gasteiger partial charge in [-0.3, -0.25) is 10.1 Å². The van der Waals surface area contributed by atoms with Crippen LogP contribution in [-0.4, -0.2) is 18.5 Å². The van der Waals surface area contributed by atoms with E-state index in [2.05, 4.69) is 0 Å². The molecule has 38 valence electrons. The lowest BCUT2D eigenvalue weighted by molar-refractivity contribution is -0.117. The van der Waals surface area contributed by atoms with E-state index in [4.69, 9.17) is 1.41 Å². The van der Waals surface area contributed by atoms with Crippen molar-refractivity contribution in [3.8, 4) is 0 Å². The van der Waals surface area contributed by atoms with Crippen molar-refractivity contribution in [1.29, 1.82) is 0 Å². The summed E-state index contributed by atoms with van der Waals surface area (Å²) >= 11 is 0. The van der Waals surface area contributed by atoms with Gasteiger partial charge in [-0.1, -0.05) is 0 Å². The maximum absolute atomic E-state index is 10.2. The van der Waals surface area contributed by atoms with Crippen LogP contribution in [0.5, 0.6) is 0 Å². The van der Waals surface area contributed by atoms with Gasteiger partial charge in [-0.15, -0.1) is 0 Å². The van der Waals surface area contributed by atoms with E-state index in [0.29, 0.717) is 5.31 Å². The van der Waals surface area contributed by atoms with Crippen LogP contribution >= 0.6 is 0 Å². The van der Waals surface area contributed by atoms with Crippen molar-refractivity contribution in [3.05, 3.63) is 0 Å². The fourth-order valence-electron chi connectivity index (χ4n) is 0.342. The van der Waals surface area contributed by atoms with Crippen molar-refractivity contribution in [2.75, 3.05) is 6.54 Å². The van der Waals surface area contributed by atoms with Crippen molar-refractivity contribution >= 4 is 11.9 Å². The highest BCUT2D eigenvalue weighted by atomic mass is 16.2. The summed E-state index contributed by atoms with van der Waals surface area (Å²) in [5.41, 5.74) is 0. The first-order valence-corrected chi connectivity index (χ1v) is 1.80. The third-order valence-corrected chi connectivity index (χ3v) is 0.613. The zero-order valence-corrected chi connectivity index (χ0v) is 3.47. The van der Waals surface area contributed by atoms with Crippen LogP contribution in [0.4, 0.5) is 4.79 Å². The van der Waals surface area contributed by atoms with Crippen molar-refractivity contribution in [3.63, 3.8) is 0 Å². The van der Waals surface area contributed by atoms with Crippen LogP contribution in [-0.2, 0) is 4.79 Å². The molecule has 0 aromatic rings. The Morgan fingerprint density at radius 3 is 2.57 bits per heavy atom. The minimum absolute atomic E-state index is 0.140. The Morgan fingerprint density at radius 2 is 2.43 bits per heavy atom. The average molecular weight is 101 g/mol. The minimum Gasteiger partial charge on any atom is -0.329 e. The van der Waals surface area contributed by atoms with Gasteiger partial charge in [-0.2, -0.15) is 0 Å². The van der Waals surface area contributed by atoms with E-state index in [1.807, 2.05) is 5.32 Å². The summed E-state index contributed by atoms with van der Waals surface area (Å²) in [5.74, 6) is -0.412. The number of rotatable bonds is 0. The first-order chi connectivity index (χ1) is 3.70. The van der Waals surface area contributed by atoms with Gasteiger partial charge in [0.1, 0.15) is 0 Å². The van der Waals surface area contributed by atoms with Gasteiger partial charge in [0.2, 0.25) is 5.91 Å². The Kier molecular flexibility index (Phi) is 0.523. The molecule has 1 heterocycles. The molecule has 1 fully saturated rings. The van der Waals surface area contributed by atoms with Gasteiger partial charge in [-0.25, -0.2) is 4.79 Å². The van der Waals surface area contributed by atoms with E-state index >= 15 is 0 Å². The minimum atomic E-state index is -0.644. The summed E-state index contributed by atoms with van der Waals surface area (Å²) in [6.45, 7) is -0.140. The second kappa shape index (κ2) is 1.22. The Balaban J connectivity index is 2.64. The van der Waals surface area contributed by atoms with E-state index in [0.717, 1.165) is 0 Å². The van der Waals surface area contributed by atoms with Crippen LogP contribution in [0.2, 0.25) is 1.41 Å². The van der Waals surface area contributed by atoms with E-state index < -0.39 is 11.9 Å². The Labute approximate surface area is 41.3 Å². The number of imide groups is 1. The molecule has 0 radical (unpaired) electrons. The normalized spacial score (nSPS) is 22.3. The van der Waals surface area contributed by atoms with Gasteiger partial charge in [0.25, 0.3) is 0 Å². The predicted octanol–water partition coefficient (Wildman–Crippen LogP) is -1.17. The third-order valence-electron chi connectivity index (χ3n) is 0.613. The first-order valence-electron chi connectivity index (χ1n) is 2.25. The van der Waals surface area contributed by atoms with Crippen LogP contribution in [0.1, 0.15) is 0 Å². The van der Waals surface area contributed by atoms with Crippen LogP contribution in [0.25, 0.3) is 0 Å². The largest absolute Gasteiger partial charge is 0.329 e. The second-order valence-corrected chi connectivity index (χ2v) is 1.17. The fourth-order valence-corrected chi connectivity index (χ4v) is 0.342. The molecule has 0 aliphatic carbocycles.